The first-order valence-corrected chi connectivity index (χ1v) is 9.89. The van der Waals surface area contributed by atoms with E-state index in [0.29, 0.717) is 6.04 Å². The van der Waals surface area contributed by atoms with Gasteiger partial charge in [-0.2, -0.15) is 0 Å². The van der Waals surface area contributed by atoms with E-state index in [1.807, 2.05) is 22.7 Å². The largest absolute Gasteiger partial charge is 0.305 e. The highest BCUT2D eigenvalue weighted by Gasteiger charge is 2.20. The lowest BCUT2D eigenvalue weighted by atomic mass is 9.81. The SMILES string of the molecule is CC1CCCC(CCNC(c2cccs2)c2cccs2)C1. The molecule has 0 bridgehead atoms. The highest BCUT2D eigenvalue weighted by atomic mass is 32.1. The van der Waals surface area contributed by atoms with E-state index in [2.05, 4.69) is 47.3 Å². The molecule has 0 aromatic carbocycles. The summed E-state index contributed by atoms with van der Waals surface area (Å²) in [6, 6.07) is 9.22. The van der Waals surface area contributed by atoms with Crippen molar-refractivity contribution in [2.75, 3.05) is 6.54 Å². The molecule has 1 saturated carbocycles. The summed E-state index contributed by atoms with van der Waals surface area (Å²) in [5, 5.41) is 8.17. The molecule has 21 heavy (non-hydrogen) atoms. The van der Waals surface area contributed by atoms with E-state index < -0.39 is 0 Å². The Morgan fingerprint density at radius 2 is 1.86 bits per heavy atom. The summed E-state index contributed by atoms with van der Waals surface area (Å²) in [7, 11) is 0. The molecule has 1 nitrogen and oxygen atoms in total. The Kier molecular flexibility index (Phi) is 5.50. The molecule has 1 fully saturated rings. The molecule has 0 saturated heterocycles. The lowest BCUT2D eigenvalue weighted by Gasteiger charge is -2.27. The fraction of sp³-hybridized carbons (Fsp3) is 0.556. The number of rotatable bonds is 6. The van der Waals surface area contributed by atoms with E-state index in [4.69, 9.17) is 0 Å². The van der Waals surface area contributed by atoms with Gasteiger partial charge in [-0.05, 0) is 54.1 Å². The van der Waals surface area contributed by atoms with Gasteiger partial charge in [0, 0.05) is 9.75 Å². The van der Waals surface area contributed by atoms with E-state index in [1.165, 1.54) is 41.9 Å². The fourth-order valence-corrected chi connectivity index (χ4v) is 5.22. The Morgan fingerprint density at radius 1 is 1.14 bits per heavy atom. The Hall–Kier alpha value is -0.640. The molecule has 2 atom stereocenters. The minimum atomic E-state index is 0.394. The molecule has 1 N–H and O–H groups in total. The van der Waals surface area contributed by atoms with Crippen molar-refractivity contribution in [2.24, 2.45) is 11.8 Å². The molecule has 2 unspecified atom stereocenters. The van der Waals surface area contributed by atoms with Crippen molar-refractivity contribution in [2.45, 2.75) is 45.1 Å². The third-order valence-electron chi connectivity index (χ3n) is 4.60. The van der Waals surface area contributed by atoms with Crippen LogP contribution in [0, 0.1) is 11.8 Å². The van der Waals surface area contributed by atoms with Gasteiger partial charge in [0.05, 0.1) is 6.04 Å². The van der Waals surface area contributed by atoms with Gasteiger partial charge in [-0.15, -0.1) is 22.7 Å². The maximum absolute atomic E-state index is 3.81. The van der Waals surface area contributed by atoms with Crippen LogP contribution < -0.4 is 5.32 Å². The molecule has 2 aromatic rings. The van der Waals surface area contributed by atoms with E-state index in [0.717, 1.165) is 18.4 Å². The van der Waals surface area contributed by atoms with E-state index in [-0.39, 0.29) is 0 Å². The fourth-order valence-electron chi connectivity index (χ4n) is 3.51. The van der Waals surface area contributed by atoms with Crippen molar-refractivity contribution >= 4 is 22.7 Å². The number of hydrogen-bond acceptors (Lipinski definition) is 3. The molecule has 0 aliphatic heterocycles. The van der Waals surface area contributed by atoms with Crippen molar-refractivity contribution in [3.8, 4) is 0 Å². The average Bonchev–Trinajstić information content (AvgIpc) is 3.17. The second kappa shape index (κ2) is 7.57. The maximum Gasteiger partial charge on any atom is 0.0764 e. The van der Waals surface area contributed by atoms with Gasteiger partial charge in [-0.3, -0.25) is 0 Å². The summed E-state index contributed by atoms with van der Waals surface area (Å²) in [4.78, 5) is 2.88. The molecule has 1 aliphatic carbocycles. The summed E-state index contributed by atoms with van der Waals surface area (Å²) in [6.45, 7) is 3.55. The quantitative estimate of drug-likeness (QED) is 0.719. The standard InChI is InChI=1S/C18H25NS2/c1-14-5-2-6-15(13-14)9-10-19-18(16-7-3-11-20-16)17-8-4-12-21-17/h3-4,7-8,11-12,14-15,18-19H,2,5-6,9-10,13H2,1H3. The van der Waals surface area contributed by atoms with Crippen LogP contribution in [0.15, 0.2) is 35.0 Å². The molecule has 1 aliphatic rings. The first kappa shape index (κ1) is 15.3. The zero-order valence-corrected chi connectivity index (χ0v) is 14.4. The predicted octanol–water partition coefficient (Wildman–Crippen LogP) is 5.71. The second-order valence-electron chi connectivity index (χ2n) is 6.34. The highest BCUT2D eigenvalue weighted by molar-refractivity contribution is 7.11. The van der Waals surface area contributed by atoms with Gasteiger partial charge in [0.1, 0.15) is 0 Å². The summed E-state index contributed by atoms with van der Waals surface area (Å²) in [5.41, 5.74) is 0. The summed E-state index contributed by atoms with van der Waals surface area (Å²) in [6.07, 6.45) is 7.08. The van der Waals surface area contributed by atoms with Gasteiger partial charge in [0.2, 0.25) is 0 Å². The monoisotopic (exact) mass is 319 g/mol. The second-order valence-corrected chi connectivity index (χ2v) is 8.30. The van der Waals surface area contributed by atoms with Crippen LogP contribution in [0.1, 0.15) is 54.8 Å². The van der Waals surface area contributed by atoms with Crippen LogP contribution in [-0.2, 0) is 0 Å². The predicted molar refractivity (Wildman–Crippen MR) is 94.2 cm³/mol. The molecule has 0 amide bonds. The summed E-state index contributed by atoms with van der Waals surface area (Å²) < 4.78 is 0. The van der Waals surface area contributed by atoms with Crippen LogP contribution in [0.3, 0.4) is 0 Å². The molecule has 114 valence electrons. The third kappa shape index (κ3) is 4.18. The Labute approximate surface area is 136 Å². The Balaban J connectivity index is 1.56. The van der Waals surface area contributed by atoms with E-state index in [9.17, 15) is 0 Å². The van der Waals surface area contributed by atoms with Crippen LogP contribution in [0.25, 0.3) is 0 Å². The van der Waals surface area contributed by atoms with Crippen molar-refractivity contribution < 1.29 is 0 Å². The molecule has 3 rings (SSSR count). The third-order valence-corrected chi connectivity index (χ3v) is 6.48. The smallest absolute Gasteiger partial charge is 0.0764 e. The van der Waals surface area contributed by atoms with Crippen molar-refractivity contribution in [1.29, 1.82) is 0 Å². The molecule has 2 heterocycles. The Bertz CT molecular complexity index is 469. The number of thiophene rings is 2. The topological polar surface area (TPSA) is 12.0 Å². The minimum Gasteiger partial charge on any atom is -0.305 e. The lowest BCUT2D eigenvalue weighted by molar-refractivity contribution is 0.266. The molecular weight excluding hydrogens is 294 g/mol. The first-order valence-electron chi connectivity index (χ1n) is 8.13. The molecule has 0 spiro atoms. The van der Waals surface area contributed by atoms with E-state index >= 15 is 0 Å². The maximum atomic E-state index is 3.81. The lowest BCUT2D eigenvalue weighted by Crippen LogP contribution is -2.25. The van der Waals surface area contributed by atoms with Gasteiger partial charge in [0.25, 0.3) is 0 Å². The molecule has 0 radical (unpaired) electrons. The van der Waals surface area contributed by atoms with Crippen LogP contribution in [-0.4, -0.2) is 6.54 Å². The number of nitrogens with one attached hydrogen (secondary N) is 1. The van der Waals surface area contributed by atoms with Crippen molar-refractivity contribution in [3.63, 3.8) is 0 Å². The van der Waals surface area contributed by atoms with Gasteiger partial charge in [0.15, 0.2) is 0 Å². The minimum absolute atomic E-state index is 0.394. The Morgan fingerprint density at radius 3 is 2.43 bits per heavy atom. The van der Waals surface area contributed by atoms with Crippen LogP contribution in [0.4, 0.5) is 0 Å². The first-order chi connectivity index (χ1) is 10.3. The molecule has 2 aromatic heterocycles. The van der Waals surface area contributed by atoms with Gasteiger partial charge in [-0.25, -0.2) is 0 Å². The zero-order chi connectivity index (χ0) is 14.5. The van der Waals surface area contributed by atoms with Crippen LogP contribution >= 0.6 is 22.7 Å². The highest BCUT2D eigenvalue weighted by Crippen LogP contribution is 2.32. The van der Waals surface area contributed by atoms with Crippen LogP contribution in [0.5, 0.6) is 0 Å². The van der Waals surface area contributed by atoms with Crippen LogP contribution in [0.2, 0.25) is 0 Å². The summed E-state index contributed by atoms with van der Waals surface area (Å²) >= 11 is 3.72. The normalized spacial score (nSPS) is 22.8. The summed E-state index contributed by atoms with van der Waals surface area (Å²) in [5.74, 6) is 1.88. The average molecular weight is 320 g/mol. The van der Waals surface area contributed by atoms with E-state index in [1.54, 1.807) is 0 Å². The van der Waals surface area contributed by atoms with Gasteiger partial charge in [-0.1, -0.05) is 38.3 Å². The zero-order valence-electron chi connectivity index (χ0n) is 12.8. The molecule has 3 heteroatoms. The van der Waals surface area contributed by atoms with Crippen molar-refractivity contribution in [3.05, 3.63) is 44.8 Å². The number of hydrogen-bond donors (Lipinski definition) is 1. The van der Waals surface area contributed by atoms with Crippen molar-refractivity contribution in [1.82, 2.24) is 5.32 Å². The van der Waals surface area contributed by atoms with Gasteiger partial charge < -0.3 is 5.32 Å². The van der Waals surface area contributed by atoms with Gasteiger partial charge >= 0.3 is 0 Å². The molecular formula is C18H25NS2.